The van der Waals surface area contributed by atoms with Gasteiger partial charge < -0.3 is 9.64 Å². The number of hydrogen-bond acceptors (Lipinski definition) is 4. The van der Waals surface area contributed by atoms with Crippen molar-refractivity contribution in [2.24, 2.45) is 5.41 Å². The topological polar surface area (TPSA) is 66.9 Å². The number of nitrogens with zero attached hydrogens (tertiary/aromatic N) is 2. The van der Waals surface area contributed by atoms with E-state index in [1.807, 2.05) is 0 Å². The van der Waals surface area contributed by atoms with Crippen LogP contribution >= 0.6 is 0 Å². The van der Waals surface area contributed by atoms with Crippen molar-refractivity contribution < 1.29 is 39.9 Å². The van der Waals surface area contributed by atoms with E-state index in [1.165, 1.54) is 23.1 Å². The van der Waals surface area contributed by atoms with Crippen molar-refractivity contribution in [3.63, 3.8) is 0 Å². The molecule has 1 aromatic rings. The number of carbonyl (C=O) groups excluding carboxylic acids is 1. The van der Waals surface area contributed by atoms with Gasteiger partial charge in [-0.2, -0.15) is 17.5 Å². The van der Waals surface area contributed by atoms with Crippen molar-refractivity contribution in [2.45, 2.75) is 94.0 Å². The van der Waals surface area contributed by atoms with E-state index in [2.05, 4.69) is 0 Å². The third kappa shape index (κ3) is 4.82. The van der Waals surface area contributed by atoms with Gasteiger partial charge in [-0.3, -0.25) is 4.79 Å². The molecule has 12 heteroatoms. The highest BCUT2D eigenvalue weighted by Gasteiger charge is 2.70. The zero-order chi connectivity index (χ0) is 26.7. The van der Waals surface area contributed by atoms with Crippen LogP contribution in [0, 0.1) is 12.3 Å². The second kappa shape index (κ2) is 9.11. The number of hydrogen-bond donors (Lipinski definition) is 0. The van der Waals surface area contributed by atoms with Gasteiger partial charge >= 0.3 is 6.18 Å². The maximum atomic E-state index is 13.7. The Kier molecular flexibility index (Phi) is 6.86. The molecular weight excluding hydrogens is 507 g/mol. The Bertz CT molecular complexity index is 1120. The highest BCUT2D eigenvalue weighted by molar-refractivity contribution is 7.89. The second-order valence-electron chi connectivity index (χ2n) is 10.4. The number of aryl methyl sites for hydroxylation is 1. The smallest absolute Gasteiger partial charge is 0.425 e. The predicted molar refractivity (Wildman–Crippen MR) is 121 cm³/mol. The minimum Gasteiger partial charge on any atom is -0.480 e. The SMILES string of the molecule is Cc1ccc(S(=O)(=O)N2CCC[C@H]2C(=O)N(C)C2CCC3(CC2)CC3(F)F)c(O[C@H](C)C(F)(F)F)c1. The molecule has 3 aliphatic rings. The molecule has 6 nitrogen and oxygen atoms in total. The van der Waals surface area contributed by atoms with Crippen LogP contribution in [0.15, 0.2) is 23.1 Å². The average Bonchev–Trinajstić information content (AvgIpc) is 3.13. The first-order chi connectivity index (χ1) is 16.6. The number of alkyl halides is 5. The molecule has 0 radical (unpaired) electrons. The van der Waals surface area contributed by atoms with Crippen LogP contribution in [0.1, 0.15) is 57.4 Å². The minimum atomic E-state index is -4.69. The number of carbonyl (C=O) groups is 1. The van der Waals surface area contributed by atoms with Gasteiger partial charge in [-0.05, 0) is 70.1 Å². The molecule has 202 valence electrons. The van der Waals surface area contributed by atoms with E-state index in [1.54, 1.807) is 14.0 Å². The lowest BCUT2D eigenvalue weighted by molar-refractivity contribution is -0.189. The molecule has 4 rings (SSSR count). The van der Waals surface area contributed by atoms with Crippen LogP contribution in [-0.4, -0.2) is 67.4 Å². The lowest BCUT2D eigenvalue weighted by Gasteiger charge is -2.37. The first-order valence-corrected chi connectivity index (χ1v) is 13.5. The number of amides is 1. The van der Waals surface area contributed by atoms with Crippen LogP contribution in [0.25, 0.3) is 0 Å². The van der Waals surface area contributed by atoms with Gasteiger partial charge in [0.15, 0.2) is 6.10 Å². The van der Waals surface area contributed by atoms with E-state index in [0.29, 0.717) is 37.7 Å². The van der Waals surface area contributed by atoms with Crippen molar-refractivity contribution in [1.29, 1.82) is 0 Å². The highest BCUT2D eigenvalue weighted by Crippen LogP contribution is 2.67. The third-order valence-electron chi connectivity index (χ3n) is 7.96. The van der Waals surface area contributed by atoms with Gasteiger partial charge in [-0.1, -0.05) is 6.07 Å². The highest BCUT2D eigenvalue weighted by atomic mass is 32.2. The Morgan fingerprint density at radius 3 is 2.36 bits per heavy atom. The quantitative estimate of drug-likeness (QED) is 0.483. The summed E-state index contributed by atoms with van der Waals surface area (Å²) in [7, 11) is -2.81. The summed E-state index contributed by atoms with van der Waals surface area (Å²) in [6, 6.07) is 2.61. The van der Waals surface area contributed by atoms with Crippen LogP contribution in [0.3, 0.4) is 0 Å². The standard InChI is InChI=1S/C24H31F5N2O4S/c1-15-6-7-20(19(13-15)35-16(2)24(27,28)29)36(33,34)31-12-4-5-18(31)21(32)30(3)17-8-10-22(11-9-17)14-23(22,25)26/h6-7,13,16-18H,4-5,8-12,14H2,1-3H3/t16-,17?,18+,22?/m1/s1. The molecule has 1 spiro atoms. The molecule has 2 atom stereocenters. The van der Waals surface area contributed by atoms with E-state index >= 15 is 0 Å². The van der Waals surface area contributed by atoms with E-state index < -0.39 is 56.2 Å². The number of benzene rings is 1. The number of ether oxygens (including phenoxy) is 1. The molecule has 2 aliphatic carbocycles. The summed E-state index contributed by atoms with van der Waals surface area (Å²) in [5, 5.41) is 0. The molecule has 3 fully saturated rings. The van der Waals surface area contributed by atoms with Crippen molar-refractivity contribution in [2.75, 3.05) is 13.6 Å². The summed E-state index contributed by atoms with van der Waals surface area (Å²) in [5.41, 5.74) is -0.436. The molecule has 0 bridgehead atoms. The van der Waals surface area contributed by atoms with Crippen LogP contribution < -0.4 is 4.74 Å². The molecule has 0 N–H and O–H groups in total. The molecular formula is C24H31F5N2O4S. The first-order valence-electron chi connectivity index (χ1n) is 12.1. The van der Waals surface area contributed by atoms with Gasteiger partial charge in [0.25, 0.3) is 5.92 Å². The fourth-order valence-electron chi connectivity index (χ4n) is 5.46. The zero-order valence-electron chi connectivity index (χ0n) is 20.4. The van der Waals surface area contributed by atoms with E-state index in [9.17, 15) is 35.2 Å². The third-order valence-corrected chi connectivity index (χ3v) is 9.91. The molecule has 1 saturated heterocycles. The van der Waals surface area contributed by atoms with Crippen molar-refractivity contribution in [3.8, 4) is 5.75 Å². The molecule has 1 aliphatic heterocycles. The molecule has 0 aromatic heterocycles. The number of likely N-dealkylation sites (N-methyl/N-ethyl adjacent to an activating group) is 1. The van der Waals surface area contributed by atoms with Crippen molar-refractivity contribution in [3.05, 3.63) is 23.8 Å². The lowest BCUT2D eigenvalue weighted by Crippen LogP contribution is -2.50. The summed E-state index contributed by atoms with van der Waals surface area (Å²) in [6.07, 6.45) is -4.90. The predicted octanol–water partition coefficient (Wildman–Crippen LogP) is 4.90. The van der Waals surface area contributed by atoms with Crippen LogP contribution in [0.2, 0.25) is 0 Å². The van der Waals surface area contributed by atoms with Gasteiger partial charge in [0.2, 0.25) is 15.9 Å². The fourth-order valence-corrected chi connectivity index (χ4v) is 7.21. The van der Waals surface area contributed by atoms with Crippen LogP contribution in [0.5, 0.6) is 5.75 Å². The normalized spacial score (nSPS) is 29.2. The molecule has 0 unspecified atom stereocenters. The Morgan fingerprint density at radius 1 is 1.19 bits per heavy atom. The fraction of sp³-hybridized carbons (Fsp3) is 0.708. The maximum Gasteiger partial charge on any atom is 0.425 e. The molecule has 36 heavy (non-hydrogen) atoms. The Labute approximate surface area is 207 Å². The van der Waals surface area contributed by atoms with Gasteiger partial charge in [0, 0.05) is 31.5 Å². The van der Waals surface area contributed by atoms with Crippen LogP contribution in [0.4, 0.5) is 22.0 Å². The summed E-state index contributed by atoms with van der Waals surface area (Å²) in [6.45, 7) is 2.43. The molecule has 1 amide bonds. The van der Waals surface area contributed by atoms with Gasteiger partial charge in [0.1, 0.15) is 16.7 Å². The number of rotatable bonds is 6. The molecule has 1 heterocycles. The minimum absolute atomic E-state index is 0.0364. The second-order valence-corrected chi connectivity index (χ2v) is 12.2. The molecule has 2 saturated carbocycles. The zero-order valence-corrected chi connectivity index (χ0v) is 21.3. The first kappa shape index (κ1) is 27.1. The van der Waals surface area contributed by atoms with Crippen molar-refractivity contribution in [1.82, 2.24) is 9.21 Å². The van der Waals surface area contributed by atoms with Gasteiger partial charge in [-0.15, -0.1) is 0 Å². The number of sulfonamides is 1. The number of halogens is 5. The summed E-state index contributed by atoms with van der Waals surface area (Å²) in [4.78, 5) is 14.4. The monoisotopic (exact) mass is 538 g/mol. The van der Waals surface area contributed by atoms with Gasteiger partial charge in [0.05, 0.1) is 0 Å². The maximum absolute atomic E-state index is 13.7. The summed E-state index contributed by atoms with van der Waals surface area (Å²) < 4.78 is 100. The van der Waals surface area contributed by atoms with E-state index in [0.717, 1.165) is 11.2 Å². The van der Waals surface area contributed by atoms with Crippen LogP contribution in [-0.2, 0) is 14.8 Å². The Balaban J connectivity index is 1.53. The molecule has 1 aromatic carbocycles. The summed E-state index contributed by atoms with van der Waals surface area (Å²) >= 11 is 0. The van der Waals surface area contributed by atoms with E-state index in [-0.39, 0.29) is 25.4 Å². The average molecular weight is 539 g/mol. The lowest BCUT2D eigenvalue weighted by atomic mass is 9.82. The van der Waals surface area contributed by atoms with E-state index in [4.69, 9.17) is 4.74 Å². The van der Waals surface area contributed by atoms with Crippen molar-refractivity contribution >= 4 is 15.9 Å². The summed E-state index contributed by atoms with van der Waals surface area (Å²) in [5.74, 6) is -3.50. The Morgan fingerprint density at radius 2 is 1.81 bits per heavy atom. The largest absolute Gasteiger partial charge is 0.480 e. The van der Waals surface area contributed by atoms with Gasteiger partial charge in [-0.25, -0.2) is 17.2 Å². The Hall–Kier alpha value is -1.95.